The van der Waals surface area contributed by atoms with E-state index in [0.717, 1.165) is 22.6 Å². The molecule has 0 bridgehead atoms. The summed E-state index contributed by atoms with van der Waals surface area (Å²) in [4.78, 5) is 19.9. The van der Waals surface area contributed by atoms with E-state index in [1.807, 2.05) is 53.3 Å². The first kappa shape index (κ1) is 20.6. The van der Waals surface area contributed by atoms with Crippen LogP contribution in [0.4, 0.5) is 16.3 Å². The quantitative estimate of drug-likeness (QED) is 0.636. The van der Waals surface area contributed by atoms with Crippen LogP contribution in [-0.2, 0) is 5.54 Å². The number of benzene rings is 2. The Balaban J connectivity index is 1.55. The molecular weight excluding hydrogens is 434 g/mol. The number of nitrogens with zero attached hydrogens (tertiary/aromatic N) is 4. The first-order valence-corrected chi connectivity index (χ1v) is 11.2. The van der Waals surface area contributed by atoms with Gasteiger partial charge in [-0.05, 0) is 50.6 Å². The normalized spacial score (nSPS) is 20.5. The van der Waals surface area contributed by atoms with Crippen molar-refractivity contribution in [1.29, 1.82) is 0 Å². The first-order chi connectivity index (χ1) is 16.3. The summed E-state index contributed by atoms with van der Waals surface area (Å²) in [6, 6.07) is 12.8. The lowest BCUT2D eigenvalue weighted by molar-refractivity contribution is 0.174. The predicted octanol–water partition coefficient (Wildman–Crippen LogP) is 4.15. The molecule has 9 heteroatoms. The van der Waals surface area contributed by atoms with Gasteiger partial charge in [0.05, 0.1) is 18.8 Å². The van der Waals surface area contributed by atoms with E-state index in [1.54, 1.807) is 12.0 Å². The second-order valence-electron chi connectivity index (χ2n) is 9.54. The standard InChI is InChI=1S/C25H25N5O4/c1-25(2,3)30-23-17(12-26-30)20(14-8-9-18-19(10-14)34-13-33-18)21-22(27-23)28-24(31)29(21)15-6-5-7-16(11-15)32-4/h5-12,20-21H,13H2,1-4H3,(H,27,28,31)/t20-,21-/m1/s1. The highest BCUT2D eigenvalue weighted by atomic mass is 16.7. The zero-order valence-corrected chi connectivity index (χ0v) is 19.4. The van der Waals surface area contributed by atoms with Crippen molar-refractivity contribution in [3.05, 3.63) is 59.8 Å². The molecule has 0 aliphatic carbocycles. The van der Waals surface area contributed by atoms with Crippen LogP contribution in [0.15, 0.2) is 53.7 Å². The Morgan fingerprint density at radius 1 is 1.12 bits per heavy atom. The molecule has 0 spiro atoms. The van der Waals surface area contributed by atoms with Gasteiger partial charge in [-0.15, -0.1) is 0 Å². The molecule has 174 valence electrons. The van der Waals surface area contributed by atoms with Crippen LogP contribution in [0.25, 0.3) is 0 Å². The molecule has 1 saturated heterocycles. The minimum Gasteiger partial charge on any atom is -0.497 e. The van der Waals surface area contributed by atoms with E-state index >= 15 is 0 Å². The van der Waals surface area contributed by atoms with Crippen molar-refractivity contribution >= 4 is 23.4 Å². The fourth-order valence-corrected chi connectivity index (χ4v) is 4.86. The van der Waals surface area contributed by atoms with Crippen LogP contribution in [0.1, 0.15) is 37.8 Å². The highest BCUT2D eigenvalue weighted by molar-refractivity contribution is 6.18. The van der Waals surface area contributed by atoms with Crippen molar-refractivity contribution in [2.45, 2.75) is 38.3 Å². The Hall–Kier alpha value is -4.01. The maximum absolute atomic E-state index is 13.3. The number of nitrogens with one attached hydrogen (secondary N) is 1. The molecule has 3 aromatic rings. The van der Waals surface area contributed by atoms with E-state index < -0.39 is 0 Å². The number of amidine groups is 1. The van der Waals surface area contributed by atoms with E-state index in [4.69, 9.17) is 24.3 Å². The van der Waals surface area contributed by atoms with E-state index in [0.29, 0.717) is 23.1 Å². The molecule has 34 heavy (non-hydrogen) atoms. The third-order valence-electron chi connectivity index (χ3n) is 6.38. The fraction of sp³-hybridized carbons (Fsp3) is 0.320. The monoisotopic (exact) mass is 459 g/mol. The number of ether oxygens (including phenoxy) is 3. The lowest BCUT2D eigenvalue weighted by Crippen LogP contribution is -2.42. The van der Waals surface area contributed by atoms with Crippen molar-refractivity contribution in [2.24, 2.45) is 4.99 Å². The summed E-state index contributed by atoms with van der Waals surface area (Å²) in [5, 5.41) is 7.69. The summed E-state index contributed by atoms with van der Waals surface area (Å²) >= 11 is 0. The Bertz CT molecular complexity index is 1340. The van der Waals surface area contributed by atoms with Gasteiger partial charge in [-0.2, -0.15) is 5.10 Å². The van der Waals surface area contributed by atoms with Crippen molar-refractivity contribution < 1.29 is 19.0 Å². The molecule has 1 aromatic heterocycles. The van der Waals surface area contributed by atoms with Gasteiger partial charge >= 0.3 is 6.03 Å². The Morgan fingerprint density at radius 3 is 2.74 bits per heavy atom. The van der Waals surface area contributed by atoms with Gasteiger partial charge in [-0.25, -0.2) is 14.5 Å². The smallest absolute Gasteiger partial charge is 0.328 e. The van der Waals surface area contributed by atoms with E-state index in [-0.39, 0.29) is 30.3 Å². The fourth-order valence-electron chi connectivity index (χ4n) is 4.86. The van der Waals surface area contributed by atoms with E-state index in [9.17, 15) is 4.79 Å². The number of urea groups is 1. The molecule has 3 aliphatic rings. The number of hydrogen-bond donors (Lipinski definition) is 1. The number of methoxy groups -OCH3 is 1. The van der Waals surface area contributed by atoms with Gasteiger partial charge < -0.3 is 14.2 Å². The maximum atomic E-state index is 13.3. The van der Waals surface area contributed by atoms with Crippen molar-refractivity contribution in [3.8, 4) is 17.2 Å². The van der Waals surface area contributed by atoms with Gasteiger partial charge in [0.2, 0.25) is 6.79 Å². The zero-order valence-electron chi connectivity index (χ0n) is 19.4. The molecule has 0 saturated carbocycles. The second kappa shape index (κ2) is 7.24. The van der Waals surface area contributed by atoms with Crippen LogP contribution in [0.3, 0.4) is 0 Å². The zero-order chi connectivity index (χ0) is 23.6. The van der Waals surface area contributed by atoms with Gasteiger partial charge in [0.15, 0.2) is 17.3 Å². The third-order valence-corrected chi connectivity index (χ3v) is 6.38. The number of carbonyl (C=O) groups is 1. The Labute approximate surface area is 196 Å². The lowest BCUT2D eigenvalue weighted by Gasteiger charge is -2.33. The molecule has 0 unspecified atom stereocenters. The van der Waals surface area contributed by atoms with Crippen molar-refractivity contribution in [3.63, 3.8) is 0 Å². The highest BCUT2D eigenvalue weighted by Gasteiger charge is 2.48. The lowest BCUT2D eigenvalue weighted by atomic mass is 9.83. The van der Waals surface area contributed by atoms with Crippen molar-refractivity contribution in [2.75, 3.05) is 18.8 Å². The van der Waals surface area contributed by atoms with Crippen LogP contribution in [0.2, 0.25) is 0 Å². The van der Waals surface area contributed by atoms with Gasteiger partial charge in [0, 0.05) is 23.2 Å². The van der Waals surface area contributed by atoms with E-state index in [2.05, 4.69) is 26.1 Å². The summed E-state index contributed by atoms with van der Waals surface area (Å²) < 4.78 is 18.5. The number of aliphatic imine (C=N–C) groups is 1. The minimum absolute atomic E-state index is 0.197. The van der Waals surface area contributed by atoms with E-state index in [1.165, 1.54) is 0 Å². The molecule has 4 heterocycles. The number of rotatable bonds is 3. The summed E-state index contributed by atoms with van der Waals surface area (Å²) in [6.07, 6.45) is 1.86. The summed E-state index contributed by atoms with van der Waals surface area (Å²) in [6.45, 7) is 6.44. The van der Waals surface area contributed by atoms with Gasteiger partial charge in [-0.3, -0.25) is 10.2 Å². The molecule has 1 N–H and O–H groups in total. The minimum atomic E-state index is -0.384. The average molecular weight is 460 g/mol. The second-order valence-corrected chi connectivity index (χ2v) is 9.54. The SMILES string of the molecule is COc1cccc(N2C(=O)NC3=Nc4c(cnn4C(C)(C)C)[C@@H](c4ccc5c(c4)OCO5)[C@H]32)c1. The third kappa shape index (κ3) is 3.03. The summed E-state index contributed by atoms with van der Waals surface area (Å²) in [5.41, 5.74) is 2.39. The van der Waals surface area contributed by atoms with Crippen LogP contribution < -0.4 is 24.4 Å². The molecule has 9 nitrogen and oxygen atoms in total. The van der Waals surface area contributed by atoms with Crippen molar-refractivity contribution in [1.82, 2.24) is 15.1 Å². The Morgan fingerprint density at radius 2 is 1.94 bits per heavy atom. The molecule has 2 aromatic carbocycles. The van der Waals surface area contributed by atoms with Crippen LogP contribution in [0, 0.1) is 0 Å². The van der Waals surface area contributed by atoms with Gasteiger partial charge in [0.25, 0.3) is 0 Å². The molecule has 1 fully saturated rings. The number of carbonyl (C=O) groups excluding carboxylic acids is 1. The largest absolute Gasteiger partial charge is 0.497 e. The molecule has 2 amide bonds. The summed E-state index contributed by atoms with van der Waals surface area (Å²) in [5.74, 6) is 3.19. The number of aromatic nitrogens is 2. The Kier molecular flexibility index (Phi) is 4.39. The van der Waals surface area contributed by atoms with Crippen LogP contribution in [0.5, 0.6) is 17.2 Å². The van der Waals surface area contributed by atoms with Gasteiger partial charge in [-0.1, -0.05) is 12.1 Å². The molecule has 6 rings (SSSR count). The predicted molar refractivity (Wildman–Crippen MR) is 127 cm³/mol. The number of amides is 2. The first-order valence-electron chi connectivity index (χ1n) is 11.2. The highest BCUT2D eigenvalue weighted by Crippen LogP contribution is 2.47. The van der Waals surface area contributed by atoms with Crippen LogP contribution in [-0.4, -0.2) is 41.6 Å². The number of fused-ring (bicyclic) bond motifs is 3. The topological polar surface area (TPSA) is 90.2 Å². The summed E-state index contributed by atoms with van der Waals surface area (Å²) in [7, 11) is 1.61. The maximum Gasteiger partial charge on any atom is 0.328 e. The molecule has 2 atom stereocenters. The number of hydrogen-bond acceptors (Lipinski definition) is 6. The molecular formula is C25H25N5O4. The molecule has 0 radical (unpaired) electrons. The van der Waals surface area contributed by atoms with Crippen LogP contribution >= 0.6 is 0 Å². The molecule has 3 aliphatic heterocycles. The average Bonchev–Trinajstić information content (AvgIpc) is 3.52. The van der Waals surface area contributed by atoms with Gasteiger partial charge in [0.1, 0.15) is 17.6 Å². The number of anilines is 1.